The Morgan fingerprint density at radius 2 is 1.91 bits per heavy atom. The average molecular weight is 451 g/mol. The number of thioether (sulfide) groups is 1. The molecule has 0 saturated heterocycles. The van der Waals surface area contributed by atoms with Crippen LogP contribution in [0.15, 0.2) is 41.4 Å². The molecule has 3 rings (SSSR count). The third-order valence-corrected chi connectivity index (χ3v) is 6.70. The van der Waals surface area contributed by atoms with E-state index in [4.69, 9.17) is 0 Å². The van der Waals surface area contributed by atoms with Crippen molar-refractivity contribution < 1.29 is 9.59 Å². The number of pyridine rings is 1. The van der Waals surface area contributed by atoms with Crippen LogP contribution in [0.2, 0.25) is 0 Å². The summed E-state index contributed by atoms with van der Waals surface area (Å²) in [5, 5.41) is 13.0. The summed E-state index contributed by atoms with van der Waals surface area (Å²) < 4.78 is 0. The monoisotopic (exact) mass is 450 g/mol. The second-order valence-electron chi connectivity index (χ2n) is 8.38. The van der Waals surface area contributed by atoms with Gasteiger partial charge in [0.25, 0.3) is 5.91 Å². The molecule has 1 fully saturated rings. The molecule has 2 amide bonds. The third-order valence-electron chi connectivity index (χ3n) is 5.72. The number of amides is 2. The lowest BCUT2D eigenvalue weighted by molar-refractivity contribution is -0.133. The van der Waals surface area contributed by atoms with Crippen molar-refractivity contribution in [3.05, 3.63) is 53.2 Å². The van der Waals surface area contributed by atoms with Crippen molar-refractivity contribution in [2.24, 2.45) is 0 Å². The summed E-state index contributed by atoms with van der Waals surface area (Å²) in [6.45, 7) is 5.86. The number of nitrogens with one attached hydrogen (secondary N) is 1. The maximum Gasteiger partial charge on any atom is 0.257 e. The molecule has 1 aliphatic rings. The van der Waals surface area contributed by atoms with Gasteiger partial charge in [0.05, 0.1) is 22.6 Å². The van der Waals surface area contributed by atoms with E-state index in [2.05, 4.69) is 30.2 Å². The van der Waals surface area contributed by atoms with E-state index in [1.165, 1.54) is 31.0 Å². The Labute approximate surface area is 194 Å². The predicted octanol–water partition coefficient (Wildman–Crippen LogP) is 5.18. The van der Waals surface area contributed by atoms with E-state index in [0.29, 0.717) is 33.6 Å². The van der Waals surface area contributed by atoms with Crippen molar-refractivity contribution in [1.82, 2.24) is 9.88 Å². The van der Waals surface area contributed by atoms with Crippen molar-refractivity contribution >= 4 is 29.3 Å². The minimum absolute atomic E-state index is 0.0751. The summed E-state index contributed by atoms with van der Waals surface area (Å²) >= 11 is 1.27. The number of hydrogen-bond donors (Lipinski definition) is 1. The number of nitrogens with zero attached hydrogens (tertiary/aromatic N) is 3. The van der Waals surface area contributed by atoms with Crippen LogP contribution in [0.5, 0.6) is 0 Å². The van der Waals surface area contributed by atoms with E-state index < -0.39 is 0 Å². The highest BCUT2D eigenvalue weighted by molar-refractivity contribution is 8.00. The first-order valence-electron chi connectivity index (χ1n) is 11.1. The molecule has 1 N–H and O–H groups in total. The zero-order chi connectivity index (χ0) is 23.1. The van der Waals surface area contributed by atoms with Crippen LogP contribution in [0.1, 0.15) is 67.6 Å². The molecule has 0 aliphatic heterocycles. The van der Waals surface area contributed by atoms with Gasteiger partial charge >= 0.3 is 0 Å². The van der Waals surface area contributed by atoms with E-state index in [-0.39, 0.29) is 23.6 Å². The molecule has 168 valence electrons. The molecule has 2 aromatic rings. The van der Waals surface area contributed by atoms with Gasteiger partial charge in [-0.25, -0.2) is 4.98 Å². The first-order valence-corrected chi connectivity index (χ1v) is 12.1. The smallest absolute Gasteiger partial charge is 0.257 e. The maximum absolute atomic E-state index is 13.1. The maximum atomic E-state index is 13.1. The van der Waals surface area contributed by atoms with Gasteiger partial charge in [-0.05, 0) is 51.8 Å². The Morgan fingerprint density at radius 1 is 1.22 bits per heavy atom. The molecule has 1 aromatic carbocycles. The number of aryl methyl sites for hydroxylation is 1. The van der Waals surface area contributed by atoms with Gasteiger partial charge < -0.3 is 10.2 Å². The average Bonchev–Trinajstić information content (AvgIpc) is 2.79. The van der Waals surface area contributed by atoms with Gasteiger partial charge in [0.15, 0.2) is 0 Å². The molecule has 1 aromatic heterocycles. The van der Waals surface area contributed by atoms with Gasteiger partial charge in [0, 0.05) is 17.8 Å². The highest BCUT2D eigenvalue weighted by Crippen LogP contribution is 2.27. The lowest BCUT2D eigenvalue weighted by Crippen LogP contribution is -2.46. The van der Waals surface area contributed by atoms with Gasteiger partial charge in [-0.15, -0.1) is 0 Å². The molecule has 0 unspecified atom stereocenters. The second-order valence-corrected chi connectivity index (χ2v) is 9.35. The Kier molecular flexibility index (Phi) is 8.29. The number of rotatable bonds is 7. The summed E-state index contributed by atoms with van der Waals surface area (Å²) in [7, 11) is 0. The van der Waals surface area contributed by atoms with Crippen molar-refractivity contribution in [3.63, 3.8) is 0 Å². The number of anilines is 1. The minimum Gasteiger partial charge on any atom is -0.337 e. The van der Waals surface area contributed by atoms with Crippen LogP contribution in [-0.2, 0) is 4.79 Å². The van der Waals surface area contributed by atoms with Gasteiger partial charge in [-0.3, -0.25) is 9.59 Å². The number of carbonyl (C=O) groups is 2. The number of hydrogen-bond acceptors (Lipinski definition) is 5. The quantitative estimate of drug-likeness (QED) is 0.588. The van der Waals surface area contributed by atoms with E-state index in [9.17, 15) is 14.9 Å². The molecule has 0 atom stereocenters. The van der Waals surface area contributed by atoms with Gasteiger partial charge in [0.1, 0.15) is 11.1 Å². The molecule has 7 heteroatoms. The second kappa shape index (κ2) is 11.1. The zero-order valence-corrected chi connectivity index (χ0v) is 19.7. The molecule has 0 bridgehead atoms. The predicted molar refractivity (Wildman–Crippen MR) is 128 cm³/mol. The Balaban J connectivity index is 1.72. The Morgan fingerprint density at radius 3 is 2.53 bits per heavy atom. The molecule has 32 heavy (non-hydrogen) atoms. The lowest BCUT2D eigenvalue weighted by atomic mass is 9.93. The number of para-hydroxylation sites is 1. The van der Waals surface area contributed by atoms with Crippen LogP contribution in [0, 0.1) is 18.3 Å². The van der Waals surface area contributed by atoms with Crippen LogP contribution < -0.4 is 5.32 Å². The summed E-state index contributed by atoms with van der Waals surface area (Å²) in [5.41, 5.74) is 1.86. The van der Waals surface area contributed by atoms with Crippen LogP contribution in [0.4, 0.5) is 5.69 Å². The zero-order valence-electron chi connectivity index (χ0n) is 18.9. The normalized spacial score (nSPS) is 14.1. The molecule has 0 radical (unpaired) electrons. The number of benzene rings is 1. The minimum atomic E-state index is -0.311. The number of aromatic nitrogens is 1. The molecule has 1 aliphatic carbocycles. The standard InChI is InChI=1S/C25H30N4O2S/c1-17(2)29(21-12-8-5-9-13-21)23(30)16-32-25-19(15-26)14-22(18(3)27-25)24(31)28-20-10-6-4-7-11-20/h4,6-7,10-11,14,17,21H,5,8-9,12-13,16H2,1-3H3,(H,28,31). The third kappa shape index (κ3) is 5.89. The van der Waals surface area contributed by atoms with Gasteiger partial charge in [-0.2, -0.15) is 5.26 Å². The topological polar surface area (TPSA) is 86.1 Å². The largest absolute Gasteiger partial charge is 0.337 e. The first-order chi connectivity index (χ1) is 15.4. The van der Waals surface area contributed by atoms with E-state index in [1.54, 1.807) is 25.1 Å². The molecule has 0 spiro atoms. The summed E-state index contributed by atoms with van der Waals surface area (Å²) in [4.78, 5) is 32.3. The highest BCUT2D eigenvalue weighted by atomic mass is 32.2. The van der Waals surface area contributed by atoms with E-state index in [0.717, 1.165) is 12.8 Å². The Hall–Kier alpha value is -2.85. The van der Waals surface area contributed by atoms with Crippen molar-refractivity contribution in [3.8, 4) is 6.07 Å². The van der Waals surface area contributed by atoms with Crippen LogP contribution in [-0.4, -0.2) is 39.5 Å². The fraction of sp³-hybridized carbons (Fsp3) is 0.440. The van der Waals surface area contributed by atoms with Crippen LogP contribution in [0.25, 0.3) is 0 Å². The highest BCUT2D eigenvalue weighted by Gasteiger charge is 2.28. The number of nitriles is 1. The molecule has 1 heterocycles. The summed E-state index contributed by atoms with van der Waals surface area (Å²) in [6, 6.07) is 13.3. The van der Waals surface area contributed by atoms with Gasteiger partial charge in [-0.1, -0.05) is 49.2 Å². The Bertz CT molecular complexity index is 995. The first kappa shape index (κ1) is 23.8. The van der Waals surface area contributed by atoms with E-state index in [1.807, 2.05) is 23.1 Å². The van der Waals surface area contributed by atoms with Crippen LogP contribution in [0.3, 0.4) is 0 Å². The van der Waals surface area contributed by atoms with Gasteiger partial charge in [0.2, 0.25) is 5.91 Å². The van der Waals surface area contributed by atoms with Crippen molar-refractivity contribution in [2.45, 2.75) is 70.0 Å². The number of carbonyl (C=O) groups excluding carboxylic acids is 2. The summed E-state index contributed by atoms with van der Waals surface area (Å²) in [5.74, 6) is -0.00881. The lowest BCUT2D eigenvalue weighted by Gasteiger charge is -2.37. The molecule has 6 nitrogen and oxygen atoms in total. The molecular formula is C25H30N4O2S. The van der Waals surface area contributed by atoms with Crippen LogP contribution >= 0.6 is 11.8 Å². The van der Waals surface area contributed by atoms with Crippen molar-refractivity contribution in [2.75, 3.05) is 11.1 Å². The molecular weight excluding hydrogens is 420 g/mol. The fourth-order valence-electron chi connectivity index (χ4n) is 4.20. The van der Waals surface area contributed by atoms with E-state index >= 15 is 0 Å². The fourth-order valence-corrected chi connectivity index (χ4v) is 5.07. The van der Waals surface area contributed by atoms with Crippen molar-refractivity contribution in [1.29, 1.82) is 5.26 Å². The summed E-state index contributed by atoms with van der Waals surface area (Å²) in [6.07, 6.45) is 5.69. The molecule has 1 saturated carbocycles. The SMILES string of the molecule is Cc1nc(SCC(=O)N(C(C)C)C2CCCCC2)c(C#N)cc1C(=O)Nc1ccccc1.